The second-order valence-electron chi connectivity index (χ2n) is 4.66. The van der Waals surface area contributed by atoms with Crippen LogP contribution in [0.25, 0.3) is 0 Å². The smallest absolute Gasteiger partial charge is 0.270 e. The van der Waals surface area contributed by atoms with E-state index >= 15 is 0 Å². The quantitative estimate of drug-likeness (QED) is 0.522. The average molecular weight is 406 g/mol. The Morgan fingerprint density at radius 1 is 1.33 bits per heavy atom. The number of carbonyl (C=O) groups excluding carboxylic acids is 1. The van der Waals surface area contributed by atoms with Crippen LogP contribution in [-0.2, 0) is 12.3 Å². The number of nitrogens with one attached hydrogen (secondary N) is 2. The summed E-state index contributed by atoms with van der Waals surface area (Å²) in [5.41, 5.74) is 7.86. The summed E-state index contributed by atoms with van der Waals surface area (Å²) in [6, 6.07) is 12.6. The number of nitrogens with zero attached hydrogens (tertiary/aromatic N) is 2. The van der Waals surface area contributed by atoms with Gasteiger partial charge in [-0.15, -0.1) is 17.0 Å². The number of amidine groups is 1. The number of aromatic nitrogens is 1. The van der Waals surface area contributed by atoms with Crippen LogP contribution in [0.15, 0.2) is 42.6 Å². The summed E-state index contributed by atoms with van der Waals surface area (Å²) in [6.07, 6.45) is 1.55. The summed E-state index contributed by atoms with van der Waals surface area (Å²) in [4.78, 5) is 16.4. The molecular weight excluding hydrogens is 390 g/mol. The van der Waals surface area contributed by atoms with Gasteiger partial charge >= 0.3 is 0 Å². The van der Waals surface area contributed by atoms with Crippen molar-refractivity contribution in [1.82, 2.24) is 10.3 Å². The SMILES string of the molecule is Br.N#Cc1ccc(CNC(=O)c2ncccc2CSC(=N)N)cc1. The van der Waals surface area contributed by atoms with Gasteiger partial charge in [-0.25, -0.2) is 0 Å². The lowest BCUT2D eigenvalue weighted by molar-refractivity contribution is 0.0945. The Labute approximate surface area is 154 Å². The largest absolute Gasteiger partial charge is 0.379 e. The van der Waals surface area contributed by atoms with Gasteiger partial charge in [-0.2, -0.15) is 5.26 Å². The molecule has 0 aliphatic carbocycles. The fraction of sp³-hybridized carbons (Fsp3) is 0.125. The second-order valence-corrected chi connectivity index (χ2v) is 5.67. The van der Waals surface area contributed by atoms with Crippen LogP contribution >= 0.6 is 28.7 Å². The molecule has 0 unspecified atom stereocenters. The highest BCUT2D eigenvalue weighted by Gasteiger charge is 2.12. The molecular formula is C16H16BrN5OS. The number of amides is 1. The third-order valence-corrected chi connectivity index (χ3v) is 3.79. The molecule has 0 aliphatic rings. The monoisotopic (exact) mass is 405 g/mol. The zero-order valence-electron chi connectivity index (χ0n) is 12.7. The second kappa shape index (κ2) is 9.70. The van der Waals surface area contributed by atoms with Gasteiger partial charge in [0.25, 0.3) is 5.91 Å². The molecule has 0 saturated carbocycles. The number of benzene rings is 1. The maximum absolute atomic E-state index is 12.3. The van der Waals surface area contributed by atoms with E-state index in [4.69, 9.17) is 16.4 Å². The van der Waals surface area contributed by atoms with Crippen LogP contribution in [0.5, 0.6) is 0 Å². The first kappa shape index (κ1) is 19.7. The molecule has 1 amide bonds. The highest BCUT2D eigenvalue weighted by Crippen LogP contribution is 2.14. The summed E-state index contributed by atoms with van der Waals surface area (Å²) >= 11 is 1.14. The van der Waals surface area contributed by atoms with Gasteiger partial charge in [-0.3, -0.25) is 15.2 Å². The molecule has 0 bridgehead atoms. The normalized spacial score (nSPS) is 9.46. The third kappa shape index (κ3) is 5.68. The summed E-state index contributed by atoms with van der Waals surface area (Å²) in [6.45, 7) is 0.348. The maximum atomic E-state index is 12.3. The molecule has 8 heteroatoms. The van der Waals surface area contributed by atoms with E-state index in [1.807, 2.05) is 6.07 Å². The van der Waals surface area contributed by atoms with Crippen molar-refractivity contribution in [2.45, 2.75) is 12.3 Å². The molecule has 0 radical (unpaired) electrons. The van der Waals surface area contributed by atoms with E-state index in [-0.39, 0.29) is 28.1 Å². The van der Waals surface area contributed by atoms with Crippen molar-refractivity contribution < 1.29 is 4.79 Å². The Kier molecular flexibility index (Phi) is 7.95. The van der Waals surface area contributed by atoms with Crippen molar-refractivity contribution >= 4 is 39.8 Å². The minimum atomic E-state index is -0.283. The molecule has 0 spiro atoms. The molecule has 6 nitrogen and oxygen atoms in total. The summed E-state index contributed by atoms with van der Waals surface area (Å²) in [7, 11) is 0. The highest BCUT2D eigenvalue weighted by atomic mass is 79.9. The van der Waals surface area contributed by atoms with E-state index in [9.17, 15) is 4.79 Å². The molecule has 0 fully saturated rings. The highest BCUT2D eigenvalue weighted by molar-refractivity contribution is 8.93. The van der Waals surface area contributed by atoms with Gasteiger partial charge in [0, 0.05) is 18.5 Å². The number of hydrogen-bond acceptors (Lipinski definition) is 5. The molecule has 2 aromatic rings. The fourth-order valence-corrected chi connectivity index (χ4v) is 2.42. The molecule has 1 aromatic carbocycles. The van der Waals surface area contributed by atoms with E-state index in [2.05, 4.69) is 10.3 Å². The average Bonchev–Trinajstić information content (AvgIpc) is 2.58. The molecule has 1 heterocycles. The Morgan fingerprint density at radius 3 is 2.67 bits per heavy atom. The van der Waals surface area contributed by atoms with Crippen molar-refractivity contribution in [2.24, 2.45) is 5.73 Å². The van der Waals surface area contributed by atoms with Gasteiger partial charge in [0.15, 0.2) is 5.17 Å². The van der Waals surface area contributed by atoms with Crippen molar-refractivity contribution in [2.75, 3.05) is 0 Å². The molecule has 24 heavy (non-hydrogen) atoms. The first-order valence-electron chi connectivity index (χ1n) is 6.78. The minimum absolute atomic E-state index is 0. The number of carbonyl (C=O) groups is 1. The van der Waals surface area contributed by atoms with Gasteiger partial charge in [0.05, 0.1) is 11.6 Å². The third-order valence-electron chi connectivity index (χ3n) is 3.03. The van der Waals surface area contributed by atoms with Crippen LogP contribution in [0.4, 0.5) is 0 Å². The van der Waals surface area contributed by atoms with Crippen molar-refractivity contribution in [3.05, 3.63) is 65.0 Å². The lowest BCUT2D eigenvalue weighted by Gasteiger charge is -2.09. The van der Waals surface area contributed by atoms with Crippen molar-refractivity contribution in [3.63, 3.8) is 0 Å². The molecule has 124 valence electrons. The lowest BCUT2D eigenvalue weighted by atomic mass is 10.1. The minimum Gasteiger partial charge on any atom is -0.379 e. The number of nitrogens with two attached hydrogens (primary N) is 1. The van der Waals surface area contributed by atoms with Crippen LogP contribution in [0.3, 0.4) is 0 Å². The predicted octanol–water partition coefficient (Wildman–Crippen LogP) is 2.59. The lowest BCUT2D eigenvalue weighted by Crippen LogP contribution is -2.25. The number of rotatable bonds is 5. The van der Waals surface area contributed by atoms with E-state index in [0.717, 1.165) is 22.9 Å². The van der Waals surface area contributed by atoms with Crippen LogP contribution in [0.1, 0.15) is 27.2 Å². The molecule has 0 aliphatic heterocycles. The van der Waals surface area contributed by atoms with Crippen LogP contribution in [0.2, 0.25) is 0 Å². The Morgan fingerprint density at radius 2 is 2.04 bits per heavy atom. The maximum Gasteiger partial charge on any atom is 0.270 e. The van der Waals surface area contributed by atoms with Gasteiger partial charge < -0.3 is 11.1 Å². The molecule has 1 aromatic heterocycles. The van der Waals surface area contributed by atoms with Gasteiger partial charge in [-0.05, 0) is 29.3 Å². The van der Waals surface area contributed by atoms with Crippen molar-refractivity contribution in [3.8, 4) is 6.07 Å². The summed E-state index contributed by atoms with van der Waals surface area (Å²) < 4.78 is 0. The Bertz CT molecular complexity index is 758. The van der Waals surface area contributed by atoms with Crippen molar-refractivity contribution in [1.29, 1.82) is 10.7 Å². The number of pyridine rings is 1. The first-order valence-corrected chi connectivity index (χ1v) is 7.76. The molecule has 0 saturated heterocycles. The zero-order valence-corrected chi connectivity index (χ0v) is 15.2. The number of thioether (sulfide) groups is 1. The fourth-order valence-electron chi connectivity index (χ4n) is 1.88. The molecule has 2 rings (SSSR count). The molecule has 0 atom stereocenters. The first-order chi connectivity index (χ1) is 11.1. The topological polar surface area (TPSA) is 116 Å². The number of nitriles is 1. The Balaban J connectivity index is 0.00000288. The van der Waals surface area contributed by atoms with Gasteiger partial charge in [-0.1, -0.05) is 30.0 Å². The van der Waals surface area contributed by atoms with Gasteiger partial charge in [0.2, 0.25) is 0 Å². The number of halogens is 1. The molecule has 4 N–H and O–H groups in total. The Hall–Kier alpha value is -2.37. The van der Waals surface area contributed by atoms with Crippen LogP contribution in [-0.4, -0.2) is 16.1 Å². The van der Waals surface area contributed by atoms with E-state index in [1.54, 1.807) is 42.6 Å². The van der Waals surface area contributed by atoms with Gasteiger partial charge in [0.1, 0.15) is 5.69 Å². The predicted molar refractivity (Wildman–Crippen MR) is 100 cm³/mol. The summed E-state index contributed by atoms with van der Waals surface area (Å²) in [5.74, 6) is 0.136. The zero-order chi connectivity index (χ0) is 16.7. The van der Waals surface area contributed by atoms with E-state index in [1.165, 1.54) is 0 Å². The standard InChI is InChI=1S/C16H15N5OS.BrH/c17-8-11-3-5-12(6-4-11)9-21-15(22)14-13(2-1-7-20-14)10-23-16(18)19;/h1-7H,9-10H2,(H3,18,19)(H,21,22);1H. The van der Waals surface area contributed by atoms with Crippen LogP contribution in [0, 0.1) is 16.7 Å². The van der Waals surface area contributed by atoms with Crippen LogP contribution < -0.4 is 11.1 Å². The summed E-state index contributed by atoms with van der Waals surface area (Å²) in [5, 5.41) is 18.8. The van der Waals surface area contributed by atoms with E-state index in [0.29, 0.717) is 23.6 Å². The van der Waals surface area contributed by atoms with E-state index < -0.39 is 0 Å². The number of hydrogen-bond donors (Lipinski definition) is 3.